The van der Waals surface area contributed by atoms with E-state index < -0.39 is 0 Å². The van der Waals surface area contributed by atoms with Gasteiger partial charge >= 0.3 is 0 Å². The second-order valence-corrected chi connectivity index (χ2v) is 4.14. The minimum atomic E-state index is 0.339. The van der Waals surface area contributed by atoms with Crippen LogP contribution in [0.5, 0.6) is 5.75 Å². The Morgan fingerprint density at radius 3 is 2.75 bits per heavy atom. The first-order chi connectivity index (χ1) is 7.67. The van der Waals surface area contributed by atoms with E-state index in [1.807, 2.05) is 18.2 Å². The minimum absolute atomic E-state index is 0.339. The maximum absolute atomic E-state index is 6.16. The molecule has 0 fully saturated rings. The Hall–Kier alpha value is -1.13. The first kappa shape index (κ1) is 12.9. The lowest BCUT2D eigenvalue weighted by atomic mass is 10.0. The van der Waals surface area contributed by atoms with Crippen molar-refractivity contribution in [1.82, 2.24) is 0 Å². The van der Waals surface area contributed by atoms with Gasteiger partial charge in [-0.05, 0) is 24.1 Å². The van der Waals surface area contributed by atoms with Crippen LogP contribution in [0.3, 0.4) is 0 Å². The maximum atomic E-state index is 6.16. The number of benzene rings is 1. The molecule has 0 aliphatic carbocycles. The van der Waals surface area contributed by atoms with Gasteiger partial charge in [-0.1, -0.05) is 37.4 Å². The van der Waals surface area contributed by atoms with Gasteiger partial charge < -0.3 is 4.74 Å². The van der Waals surface area contributed by atoms with Crippen molar-refractivity contribution < 1.29 is 4.74 Å². The van der Waals surface area contributed by atoms with Crippen LogP contribution >= 0.6 is 11.6 Å². The van der Waals surface area contributed by atoms with Crippen LogP contribution in [0.15, 0.2) is 18.2 Å². The van der Waals surface area contributed by atoms with Crippen molar-refractivity contribution in [2.24, 2.45) is 5.92 Å². The summed E-state index contributed by atoms with van der Waals surface area (Å²) in [6.07, 6.45) is 1.79. The molecule has 1 aromatic rings. The van der Waals surface area contributed by atoms with Crippen LogP contribution in [0, 0.1) is 17.8 Å². The van der Waals surface area contributed by atoms with Gasteiger partial charge in [0.2, 0.25) is 0 Å². The molecule has 0 saturated heterocycles. The van der Waals surface area contributed by atoms with Crippen molar-refractivity contribution >= 4 is 11.6 Å². The van der Waals surface area contributed by atoms with Gasteiger partial charge in [0.05, 0.1) is 7.11 Å². The molecule has 0 saturated carbocycles. The number of rotatable bonds is 3. The van der Waals surface area contributed by atoms with E-state index in [1.165, 1.54) is 0 Å². The van der Waals surface area contributed by atoms with E-state index in [0.717, 1.165) is 29.2 Å². The van der Waals surface area contributed by atoms with Crippen LogP contribution < -0.4 is 4.74 Å². The van der Waals surface area contributed by atoms with Crippen molar-refractivity contribution in [1.29, 1.82) is 0 Å². The molecule has 1 atom stereocenters. The van der Waals surface area contributed by atoms with E-state index in [9.17, 15) is 0 Å². The summed E-state index contributed by atoms with van der Waals surface area (Å²) in [5.41, 5.74) is 1.13. The molecule has 1 unspecified atom stereocenters. The highest BCUT2D eigenvalue weighted by molar-refractivity contribution is 6.31. The van der Waals surface area contributed by atoms with Gasteiger partial charge in [0.15, 0.2) is 0 Å². The highest BCUT2D eigenvalue weighted by Crippen LogP contribution is 2.24. The average Bonchev–Trinajstić information content (AvgIpc) is 2.29. The molecular formula is C14H17ClO. The molecule has 0 spiro atoms. The molecular weight excluding hydrogens is 220 g/mol. The molecule has 0 heterocycles. The van der Waals surface area contributed by atoms with Crippen molar-refractivity contribution in [2.75, 3.05) is 7.11 Å². The van der Waals surface area contributed by atoms with Crippen molar-refractivity contribution in [3.05, 3.63) is 28.8 Å². The lowest BCUT2D eigenvalue weighted by molar-refractivity contribution is 0.414. The lowest BCUT2D eigenvalue weighted by Crippen LogP contribution is -1.97. The number of halogens is 1. The van der Waals surface area contributed by atoms with E-state index >= 15 is 0 Å². The quantitative estimate of drug-likeness (QED) is 0.723. The standard InChI is InChI=1S/C14H17ClO/c1-4-5-6-11(2)9-12-7-8-13(16-3)10-14(12)15/h7-8,10-11H,4,9H2,1-3H3. The molecule has 2 heteroatoms. The van der Waals surface area contributed by atoms with Crippen LogP contribution in [0.2, 0.25) is 5.02 Å². The first-order valence-corrected chi connectivity index (χ1v) is 5.86. The van der Waals surface area contributed by atoms with Gasteiger partial charge in [-0.25, -0.2) is 0 Å². The van der Waals surface area contributed by atoms with E-state index in [1.54, 1.807) is 7.11 Å². The minimum Gasteiger partial charge on any atom is -0.497 e. The molecule has 1 nitrogen and oxygen atoms in total. The lowest BCUT2D eigenvalue weighted by Gasteiger charge is -2.08. The third kappa shape index (κ3) is 3.79. The normalized spacial score (nSPS) is 11.5. The molecule has 1 rings (SSSR count). The summed E-state index contributed by atoms with van der Waals surface area (Å²) < 4.78 is 5.11. The SMILES string of the molecule is CCC#CC(C)Cc1ccc(OC)cc1Cl. The number of hydrogen-bond donors (Lipinski definition) is 0. The van der Waals surface area contributed by atoms with E-state index in [0.29, 0.717) is 5.92 Å². The molecule has 0 amide bonds. The third-order valence-electron chi connectivity index (χ3n) is 2.31. The molecule has 0 N–H and O–H groups in total. The molecule has 0 radical (unpaired) electrons. The van der Waals surface area contributed by atoms with Crippen LogP contribution in [-0.4, -0.2) is 7.11 Å². The Morgan fingerprint density at radius 2 is 2.19 bits per heavy atom. The van der Waals surface area contributed by atoms with Gasteiger partial charge in [0, 0.05) is 17.4 Å². The zero-order valence-corrected chi connectivity index (χ0v) is 10.8. The average molecular weight is 237 g/mol. The smallest absolute Gasteiger partial charge is 0.120 e. The van der Waals surface area contributed by atoms with E-state index in [4.69, 9.17) is 16.3 Å². The first-order valence-electron chi connectivity index (χ1n) is 5.48. The fourth-order valence-electron chi connectivity index (χ4n) is 1.48. The Morgan fingerprint density at radius 1 is 1.44 bits per heavy atom. The highest BCUT2D eigenvalue weighted by Gasteiger charge is 2.05. The zero-order valence-electron chi connectivity index (χ0n) is 10.0. The summed E-state index contributed by atoms with van der Waals surface area (Å²) in [5, 5.41) is 0.754. The molecule has 16 heavy (non-hydrogen) atoms. The zero-order chi connectivity index (χ0) is 12.0. The van der Waals surface area contributed by atoms with Crippen LogP contribution in [-0.2, 0) is 6.42 Å². The monoisotopic (exact) mass is 236 g/mol. The number of methoxy groups -OCH3 is 1. The summed E-state index contributed by atoms with van der Waals surface area (Å²) in [5.74, 6) is 7.42. The van der Waals surface area contributed by atoms with Gasteiger partial charge in [0.25, 0.3) is 0 Å². The second-order valence-electron chi connectivity index (χ2n) is 3.74. The fraction of sp³-hybridized carbons (Fsp3) is 0.429. The Bertz CT molecular complexity index is 401. The third-order valence-corrected chi connectivity index (χ3v) is 2.66. The largest absolute Gasteiger partial charge is 0.497 e. The van der Waals surface area contributed by atoms with Crippen molar-refractivity contribution in [3.8, 4) is 17.6 Å². The number of ether oxygens (including phenoxy) is 1. The Balaban J connectivity index is 2.74. The van der Waals surface area contributed by atoms with Crippen molar-refractivity contribution in [2.45, 2.75) is 26.7 Å². The highest BCUT2D eigenvalue weighted by atomic mass is 35.5. The van der Waals surface area contributed by atoms with Gasteiger partial charge in [-0.2, -0.15) is 0 Å². The fourth-order valence-corrected chi connectivity index (χ4v) is 1.73. The summed E-state index contributed by atoms with van der Waals surface area (Å²) in [4.78, 5) is 0. The summed E-state index contributed by atoms with van der Waals surface area (Å²) in [7, 11) is 1.64. The molecule has 0 bridgehead atoms. The second kappa shape index (κ2) is 6.45. The van der Waals surface area contributed by atoms with Gasteiger partial charge in [-0.15, -0.1) is 5.92 Å². The van der Waals surface area contributed by atoms with E-state index in [2.05, 4.69) is 25.7 Å². The van der Waals surface area contributed by atoms with Gasteiger partial charge in [-0.3, -0.25) is 0 Å². The number of hydrogen-bond acceptors (Lipinski definition) is 1. The van der Waals surface area contributed by atoms with E-state index in [-0.39, 0.29) is 0 Å². The topological polar surface area (TPSA) is 9.23 Å². The van der Waals surface area contributed by atoms with Gasteiger partial charge in [0.1, 0.15) is 5.75 Å². The van der Waals surface area contributed by atoms with Crippen LogP contribution in [0.4, 0.5) is 0 Å². The van der Waals surface area contributed by atoms with Crippen LogP contribution in [0.1, 0.15) is 25.8 Å². The summed E-state index contributed by atoms with van der Waals surface area (Å²) in [6.45, 7) is 4.17. The molecule has 0 aliphatic rings. The Kier molecular flexibility index (Phi) is 5.22. The molecule has 0 aliphatic heterocycles. The Labute approximate surface area is 103 Å². The maximum Gasteiger partial charge on any atom is 0.120 e. The summed E-state index contributed by atoms with van der Waals surface area (Å²) in [6, 6.07) is 5.78. The molecule has 0 aromatic heterocycles. The molecule has 86 valence electrons. The predicted molar refractivity (Wildman–Crippen MR) is 68.9 cm³/mol. The van der Waals surface area contributed by atoms with Crippen LogP contribution in [0.25, 0.3) is 0 Å². The predicted octanol–water partition coefficient (Wildman–Crippen LogP) is 3.94. The molecule has 1 aromatic carbocycles. The van der Waals surface area contributed by atoms with Crippen molar-refractivity contribution in [3.63, 3.8) is 0 Å². The summed E-state index contributed by atoms with van der Waals surface area (Å²) >= 11 is 6.16.